The highest BCUT2D eigenvalue weighted by atomic mass is 16.4. The molecule has 1 amide bonds. The van der Waals surface area contributed by atoms with Crippen molar-refractivity contribution in [3.05, 3.63) is 30.2 Å². The molecular weight excluding hydrogens is 258 g/mol. The molecule has 1 unspecified atom stereocenters. The monoisotopic (exact) mass is 277 g/mol. The fourth-order valence-corrected chi connectivity index (χ4v) is 2.59. The Labute approximate surface area is 117 Å². The zero-order chi connectivity index (χ0) is 14.4. The van der Waals surface area contributed by atoms with Gasteiger partial charge in [0.15, 0.2) is 0 Å². The van der Waals surface area contributed by atoms with E-state index in [9.17, 15) is 14.7 Å². The van der Waals surface area contributed by atoms with E-state index in [0.29, 0.717) is 5.76 Å². The van der Waals surface area contributed by atoms with E-state index in [4.69, 9.17) is 4.42 Å². The van der Waals surface area contributed by atoms with Crippen molar-refractivity contribution in [1.82, 2.24) is 5.32 Å². The summed E-state index contributed by atoms with van der Waals surface area (Å²) in [6.07, 6.45) is 9.28. The summed E-state index contributed by atoms with van der Waals surface area (Å²) in [5.41, 5.74) is 0. The average Bonchev–Trinajstić information content (AvgIpc) is 2.96. The Morgan fingerprint density at radius 1 is 1.35 bits per heavy atom. The third-order valence-electron chi connectivity index (χ3n) is 3.63. The second-order valence-electron chi connectivity index (χ2n) is 5.07. The number of carboxylic acid groups (broad SMARTS) is 1. The van der Waals surface area contributed by atoms with Gasteiger partial charge in [0.1, 0.15) is 11.8 Å². The first-order valence-electron chi connectivity index (χ1n) is 6.91. The van der Waals surface area contributed by atoms with E-state index < -0.39 is 17.9 Å². The van der Waals surface area contributed by atoms with Crippen molar-refractivity contribution < 1.29 is 19.1 Å². The maximum Gasteiger partial charge on any atom is 0.326 e. The van der Waals surface area contributed by atoms with Crippen LogP contribution in [0.15, 0.2) is 28.9 Å². The van der Waals surface area contributed by atoms with Crippen LogP contribution in [0.5, 0.6) is 0 Å². The summed E-state index contributed by atoms with van der Waals surface area (Å²) in [5, 5.41) is 11.9. The van der Waals surface area contributed by atoms with E-state index in [1.165, 1.54) is 18.4 Å². The number of furan rings is 1. The molecule has 0 aromatic carbocycles. The van der Waals surface area contributed by atoms with Gasteiger partial charge in [-0.25, -0.2) is 4.79 Å². The normalized spacial score (nSPS) is 18.0. The van der Waals surface area contributed by atoms with Gasteiger partial charge in [-0.05, 0) is 37.0 Å². The highest BCUT2D eigenvalue weighted by molar-refractivity contribution is 5.94. The molecule has 1 atom stereocenters. The number of hydrogen-bond donors (Lipinski definition) is 2. The quantitative estimate of drug-likeness (QED) is 0.810. The summed E-state index contributed by atoms with van der Waals surface area (Å²) in [6.45, 7) is 0. The molecule has 20 heavy (non-hydrogen) atoms. The van der Waals surface area contributed by atoms with Crippen LogP contribution in [-0.2, 0) is 9.59 Å². The van der Waals surface area contributed by atoms with Gasteiger partial charge in [0.05, 0.1) is 6.26 Å². The van der Waals surface area contributed by atoms with E-state index in [1.54, 1.807) is 12.1 Å². The van der Waals surface area contributed by atoms with Gasteiger partial charge in [-0.1, -0.05) is 19.3 Å². The number of amides is 1. The Bertz CT molecular complexity index is 472. The topological polar surface area (TPSA) is 79.5 Å². The summed E-state index contributed by atoms with van der Waals surface area (Å²) in [6, 6.07) is 2.64. The molecule has 5 nitrogen and oxygen atoms in total. The van der Waals surface area contributed by atoms with Gasteiger partial charge in [0.25, 0.3) is 0 Å². The fraction of sp³-hybridized carbons (Fsp3) is 0.467. The van der Waals surface area contributed by atoms with Crippen molar-refractivity contribution in [3.8, 4) is 0 Å². The average molecular weight is 277 g/mol. The molecule has 2 N–H and O–H groups in total. The molecule has 1 heterocycles. The summed E-state index contributed by atoms with van der Waals surface area (Å²) in [4.78, 5) is 23.1. The lowest BCUT2D eigenvalue weighted by atomic mass is 9.84. The SMILES string of the molecule is O=C(/C=C/c1ccco1)NC(C(=O)O)C1CCCCC1. The van der Waals surface area contributed by atoms with Crippen LogP contribution in [-0.4, -0.2) is 23.0 Å². The molecule has 0 aliphatic heterocycles. The van der Waals surface area contributed by atoms with Crippen molar-refractivity contribution in [1.29, 1.82) is 0 Å². The predicted molar refractivity (Wildman–Crippen MR) is 73.9 cm³/mol. The number of hydrogen-bond acceptors (Lipinski definition) is 3. The first-order valence-corrected chi connectivity index (χ1v) is 6.91. The molecular formula is C15H19NO4. The standard InChI is InChI=1S/C15H19NO4/c17-13(9-8-12-7-4-10-20-12)16-14(15(18)19)11-5-2-1-3-6-11/h4,7-11,14H,1-3,5-6H2,(H,16,17)(H,18,19)/b9-8+. The van der Waals surface area contributed by atoms with E-state index in [1.807, 2.05) is 0 Å². The smallest absolute Gasteiger partial charge is 0.326 e. The Morgan fingerprint density at radius 3 is 2.70 bits per heavy atom. The van der Waals surface area contributed by atoms with Crippen molar-refractivity contribution in [2.24, 2.45) is 5.92 Å². The zero-order valence-electron chi connectivity index (χ0n) is 11.2. The van der Waals surface area contributed by atoms with Crippen LogP contribution < -0.4 is 5.32 Å². The molecule has 5 heteroatoms. The number of aliphatic carboxylic acids is 1. The lowest BCUT2D eigenvalue weighted by Crippen LogP contribution is -2.46. The number of carbonyl (C=O) groups excluding carboxylic acids is 1. The highest BCUT2D eigenvalue weighted by Gasteiger charge is 2.30. The molecule has 0 bridgehead atoms. The van der Waals surface area contributed by atoms with Gasteiger partial charge in [-0.3, -0.25) is 4.79 Å². The molecule has 0 spiro atoms. The van der Waals surface area contributed by atoms with Crippen molar-refractivity contribution >= 4 is 18.0 Å². The van der Waals surface area contributed by atoms with Gasteiger partial charge in [0.2, 0.25) is 5.91 Å². The van der Waals surface area contributed by atoms with Crippen molar-refractivity contribution in [3.63, 3.8) is 0 Å². The Kier molecular flexibility index (Phi) is 4.98. The van der Waals surface area contributed by atoms with Crippen LogP contribution in [0, 0.1) is 5.92 Å². The molecule has 2 rings (SSSR count). The Balaban J connectivity index is 1.93. The highest BCUT2D eigenvalue weighted by Crippen LogP contribution is 2.26. The van der Waals surface area contributed by atoms with Crippen LogP contribution in [0.25, 0.3) is 6.08 Å². The van der Waals surface area contributed by atoms with Gasteiger partial charge < -0.3 is 14.8 Å². The molecule has 1 aliphatic carbocycles. The van der Waals surface area contributed by atoms with Gasteiger partial charge in [-0.15, -0.1) is 0 Å². The first-order chi connectivity index (χ1) is 9.66. The third kappa shape index (κ3) is 3.98. The maximum atomic E-state index is 11.8. The summed E-state index contributed by atoms with van der Waals surface area (Å²) < 4.78 is 5.07. The minimum Gasteiger partial charge on any atom is -0.480 e. The van der Waals surface area contributed by atoms with Crippen molar-refractivity contribution in [2.45, 2.75) is 38.1 Å². The van der Waals surface area contributed by atoms with Gasteiger partial charge in [0, 0.05) is 6.08 Å². The molecule has 1 saturated carbocycles. The maximum absolute atomic E-state index is 11.8. The predicted octanol–water partition coefficient (Wildman–Crippen LogP) is 2.44. The molecule has 1 aromatic rings. The largest absolute Gasteiger partial charge is 0.480 e. The Morgan fingerprint density at radius 2 is 2.10 bits per heavy atom. The van der Waals surface area contributed by atoms with Crippen molar-refractivity contribution in [2.75, 3.05) is 0 Å². The number of carboxylic acids is 1. The van der Waals surface area contributed by atoms with E-state index in [0.717, 1.165) is 32.1 Å². The number of nitrogens with one attached hydrogen (secondary N) is 1. The minimum absolute atomic E-state index is 0.0298. The molecule has 0 saturated heterocycles. The molecule has 1 aliphatic rings. The molecule has 1 aromatic heterocycles. The lowest BCUT2D eigenvalue weighted by molar-refractivity contribution is -0.143. The summed E-state index contributed by atoms with van der Waals surface area (Å²) >= 11 is 0. The van der Waals surface area contributed by atoms with Gasteiger partial charge >= 0.3 is 5.97 Å². The number of rotatable bonds is 5. The molecule has 108 valence electrons. The van der Waals surface area contributed by atoms with E-state index in [2.05, 4.69) is 5.32 Å². The molecule has 0 radical (unpaired) electrons. The second kappa shape index (κ2) is 6.93. The minimum atomic E-state index is -0.961. The lowest BCUT2D eigenvalue weighted by Gasteiger charge is -2.27. The third-order valence-corrected chi connectivity index (χ3v) is 3.63. The van der Waals surface area contributed by atoms with Gasteiger partial charge in [-0.2, -0.15) is 0 Å². The van der Waals surface area contributed by atoms with Crippen LogP contribution >= 0.6 is 0 Å². The second-order valence-corrected chi connectivity index (χ2v) is 5.07. The van der Waals surface area contributed by atoms with Crippen LogP contribution in [0.4, 0.5) is 0 Å². The first kappa shape index (κ1) is 14.4. The molecule has 1 fully saturated rings. The summed E-state index contributed by atoms with van der Waals surface area (Å²) in [5.74, 6) is -0.775. The van der Waals surface area contributed by atoms with Crippen LogP contribution in [0.3, 0.4) is 0 Å². The Hall–Kier alpha value is -2.04. The van der Waals surface area contributed by atoms with E-state index >= 15 is 0 Å². The number of carbonyl (C=O) groups is 2. The van der Waals surface area contributed by atoms with E-state index in [-0.39, 0.29) is 5.92 Å². The van der Waals surface area contributed by atoms with Crippen LogP contribution in [0.2, 0.25) is 0 Å². The van der Waals surface area contributed by atoms with Crippen LogP contribution in [0.1, 0.15) is 37.9 Å². The summed E-state index contributed by atoms with van der Waals surface area (Å²) in [7, 11) is 0. The fourth-order valence-electron chi connectivity index (χ4n) is 2.59. The zero-order valence-corrected chi connectivity index (χ0v) is 11.2.